The molecule has 35 heavy (non-hydrogen) atoms. The maximum atomic E-state index is 14.4. The third-order valence-corrected chi connectivity index (χ3v) is 5.80. The van der Waals surface area contributed by atoms with Crippen molar-refractivity contribution in [1.82, 2.24) is 24.3 Å². The van der Waals surface area contributed by atoms with Gasteiger partial charge in [0, 0.05) is 36.3 Å². The summed E-state index contributed by atoms with van der Waals surface area (Å²) in [7, 11) is 0. The molecule has 1 atom stereocenters. The van der Waals surface area contributed by atoms with Crippen LogP contribution in [0, 0.1) is 18.6 Å². The number of carbonyl (C=O) groups excluding carboxylic acids is 1. The van der Waals surface area contributed by atoms with Crippen LogP contribution < -0.4 is 9.64 Å². The standard InChI is InChI=1S/C24H22F2N6O3/c1-12-19(11-32-18-6-15(25)5-16(26)21(18)35-13(2)22(32)33)31-10-17(27-9-20(31)30-12)14-7-28-23(29-8-14)24(3,4)34/h5-10,13,34H,11H2,1-4H3/t13-/m0/s1. The first-order valence-corrected chi connectivity index (χ1v) is 10.9. The lowest BCUT2D eigenvalue weighted by Crippen LogP contribution is -2.44. The molecule has 1 aliphatic heterocycles. The maximum absolute atomic E-state index is 14.4. The fourth-order valence-electron chi connectivity index (χ4n) is 3.98. The first-order valence-electron chi connectivity index (χ1n) is 10.9. The van der Waals surface area contributed by atoms with Crippen molar-refractivity contribution in [1.29, 1.82) is 0 Å². The van der Waals surface area contributed by atoms with Gasteiger partial charge in [-0.25, -0.2) is 23.7 Å². The van der Waals surface area contributed by atoms with Crippen LogP contribution in [-0.2, 0) is 16.9 Å². The Morgan fingerprint density at radius 3 is 2.54 bits per heavy atom. The zero-order valence-corrected chi connectivity index (χ0v) is 19.5. The van der Waals surface area contributed by atoms with E-state index in [1.807, 2.05) is 0 Å². The lowest BCUT2D eigenvalue weighted by atomic mass is 10.1. The highest BCUT2D eigenvalue weighted by Gasteiger charge is 2.35. The highest BCUT2D eigenvalue weighted by atomic mass is 19.1. The molecular formula is C24H22F2N6O3. The van der Waals surface area contributed by atoms with Gasteiger partial charge < -0.3 is 9.84 Å². The Morgan fingerprint density at radius 1 is 1.14 bits per heavy atom. The minimum Gasteiger partial charge on any atom is -0.476 e. The number of ether oxygens (including phenoxy) is 1. The number of aromatic nitrogens is 5. The van der Waals surface area contributed by atoms with E-state index in [1.54, 1.807) is 50.0 Å². The summed E-state index contributed by atoms with van der Waals surface area (Å²) >= 11 is 0. The van der Waals surface area contributed by atoms with Crippen LogP contribution in [0.5, 0.6) is 5.75 Å². The Kier molecular flexibility index (Phi) is 5.24. The average Bonchev–Trinajstić information content (AvgIpc) is 3.11. The summed E-state index contributed by atoms with van der Waals surface area (Å²) in [5, 5.41) is 10.1. The van der Waals surface area contributed by atoms with Gasteiger partial charge >= 0.3 is 0 Å². The monoisotopic (exact) mass is 480 g/mol. The number of benzene rings is 1. The van der Waals surface area contributed by atoms with Gasteiger partial charge in [0.05, 0.1) is 35.5 Å². The normalized spacial score (nSPS) is 15.9. The van der Waals surface area contributed by atoms with Crippen LogP contribution >= 0.6 is 0 Å². The first kappa shape index (κ1) is 22.8. The quantitative estimate of drug-likeness (QED) is 0.478. The van der Waals surface area contributed by atoms with Gasteiger partial charge in [-0.1, -0.05) is 0 Å². The number of fused-ring (bicyclic) bond motifs is 2. The highest BCUT2D eigenvalue weighted by Crippen LogP contribution is 2.38. The summed E-state index contributed by atoms with van der Waals surface area (Å²) in [6.07, 6.45) is 5.49. The molecule has 1 aliphatic rings. The number of amides is 1. The fraction of sp³-hybridized carbons (Fsp3) is 0.292. The molecule has 0 unspecified atom stereocenters. The van der Waals surface area contributed by atoms with E-state index in [0.29, 0.717) is 28.3 Å². The Bertz CT molecular complexity index is 1460. The number of halogens is 2. The molecule has 1 amide bonds. The average molecular weight is 480 g/mol. The largest absolute Gasteiger partial charge is 0.476 e. The summed E-state index contributed by atoms with van der Waals surface area (Å²) in [6.45, 7) is 6.49. The molecule has 4 heterocycles. The molecule has 9 nitrogen and oxygen atoms in total. The predicted molar refractivity (Wildman–Crippen MR) is 122 cm³/mol. The van der Waals surface area contributed by atoms with Crippen molar-refractivity contribution in [3.8, 4) is 17.0 Å². The second kappa shape index (κ2) is 8.05. The fourth-order valence-corrected chi connectivity index (χ4v) is 3.98. The molecule has 0 saturated carbocycles. The van der Waals surface area contributed by atoms with Crippen molar-refractivity contribution in [3.05, 3.63) is 65.8 Å². The van der Waals surface area contributed by atoms with Gasteiger partial charge in [-0.15, -0.1) is 0 Å². The number of anilines is 1. The summed E-state index contributed by atoms with van der Waals surface area (Å²) in [5.41, 5.74) is 1.79. The Balaban J connectivity index is 1.57. The zero-order valence-electron chi connectivity index (χ0n) is 19.5. The van der Waals surface area contributed by atoms with Crippen LogP contribution in [-0.4, -0.2) is 41.5 Å². The molecule has 1 N–H and O–H groups in total. The van der Waals surface area contributed by atoms with Crippen molar-refractivity contribution in [3.63, 3.8) is 0 Å². The first-order chi connectivity index (χ1) is 16.5. The Hall–Kier alpha value is -3.99. The van der Waals surface area contributed by atoms with Crippen molar-refractivity contribution in [2.75, 3.05) is 4.90 Å². The number of imidazole rings is 1. The summed E-state index contributed by atoms with van der Waals surface area (Å²) in [5.74, 6) is -2.01. The van der Waals surface area contributed by atoms with E-state index < -0.39 is 29.2 Å². The molecule has 0 saturated heterocycles. The van der Waals surface area contributed by atoms with Gasteiger partial charge in [0.15, 0.2) is 29.1 Å². The van der Waals surface area contributed by atoms with E-state index in [2.05, 4.69) is 19.9 Å². The summed E-state index contributed by atoms with van der Waals surface area (Å²) < 4.78 is 35.6. The minimum atomic E-state index is -1.18. The highest BCUT2D eigenvalue weighted by molar-refractivity contribution is 5.99. The number of aryl methyl sites for hydroxylation is 1. The number of rotatable bonds is 4. The lowest BCUT2D eigenvalue weighted by molar-refractivity contribution is -0.125. The van der Waals surface area contributed by atoms with E-state index in [1.165, 1.54) is 11.8 Å². The van der Waals surface area contributed by atoms with E-state index in [-0.39, 0.29) is 23.8 Å². The Labute approximate surface area is 199 Å². The smallest absolute Gasteiger partial charge is 0.268 e. The SMILES string of the molecule is Cc1nc2cnc(-c3cnc(C(C)(C)O)nc3)cn2c1CN1C(=O)[C@H](C)Oc2c(F)cc(F)cc21. The van der Waals surface area contributed by atoms with Gasteiger partial charge in [0.1, 0.15) is 11.4 Å². The van der Waals surface area contributed by atoms with Crippen LogP contribution in [0.3, 0.4) is 0 Å². The van der Waals surface area contributed by atoms with Crippen LogP contribution in [0.1, 0.15) is 38.0 Å². The molecule has 5 rings (SSSR count). The van der Waals surface area contributed by atoms with Crippen LogP contribution in [0.4, 0.5) is 14.5 Å². The molecular weight excluding hydrogens is 458 g/mol. The summed E-state index contributed by atoms with van der Waals surface area (Å²) in [4.78, 5) is 31.7. The number of hydrogen-bond acceptors (Lipinski definition) is 7. The third-order valence-electron chi connectivity index (χ3n) is 5.80. The molecule has 180 valence electrons. The number of carbonyl (C=O) groups is 1. The van der Waals surface area contributed by atoms with Crippen molar-refractivity contribution in [2.45, 2.75) is 45.9 Å². The molecule has 0 radical (unpaired) electrons. The molecule has 0 spiro atoms. The van der Waals surface area contributed by atoms with E-state index in [9.17, 15) is 18.7 Å². The number of nitrogens with zero attached hydrogens (tertiary/aromatic N) is 6. The molecule has 0 aliphatic carbocycles. The molecule has 0 bridgehead atoms. The minimum absolute atomic E-state index is 0.00696. The Morgan fingerprint density at radius 2 is 1.86 bits per heavy atom. The van der Waals surface area contributed by atoms with Gasteiger partial charge in [-0.05, 0) is 27.7 Å². The molecule has 4 aromatic rings. The van der Waals surface area contributed by atoms with Crippen LogP contribution in [0.25, 0.3) is 16.9 Å². The van der Waals surface area contributed by atoms with Crippen molar-refractivity contribution >= 4 is 17.2 Å². The maximum Gasteiger partial charge on any atom is 0.268 e. The van der Waals surface area contributed by atoms with Gasteiger partial charge in [0.25, 0.3) is 5.91 Å². The summed E-state index contributed by atoms with van der Waals surface area (Å²) in [6, 6.07) is 1.80. The van der Waals surface area contributed by atoms with Gasteiger partial charge in [0.2, 0.25) is 0 Å². The van der Waals surface area contributed by atoms with Crippen molar-refractivity contribution in [2.24, 2.45) is 0 Å². The van der Waals surface area contributed by atoms with E-state index in [0.717, 1.165) is 12.1 Å². The lowest BCUT2D eigenvalue weighted by Gasteiger charge is -2.33. The second-order valence-electron chi connectivity index (χ2n) is 8.92. The van der Waals surface area contributed by atoms with Crippen molar-refractivity contribution < 1.29 is 23.4 Å². The predicted octanol–water partition coefficient (Wildman–Crippen LogP) is 3.31. The third kappa shape index (κ3) is 3.97. The molecule has 0 fully saturated rings. The van der Waals surface area contributed by atoms with Crippen LogP contribution in [0.15, 0.2) is 36.9 Å². The number of hydrogen-bond donors (Lipinski definition) is 1. The van der Waals surface area contributed by atoms with Gasteiger partial charge in [-0.2, -0.15) is 0 Å². The molecule has 11 heteroatoms. The molecule has 3 aromatic heterocycles. The molecule has 1 aromatic carbocycles. The van der Waals surface area contributed by atoms with Gasteiger partial charge in [-0.3, -0.25) is 19.1 Å². The van der Waals surface area contributed by atoms with E-state index in [4.69, 9.17) is 4.74 Å². The second-order valence-corrected chi connectivity index (χ2v) is 8.92. The topological polar surface area (TPSA) is 106 Å². The van der Waals surface area contributed by atoms with E-state index >= 15 is 0 Å². The van der Waals surface area contributed by atoms with Crippen LogP contribution in [0.2, 0.25) is 0 Å². The zero-order chi connectivity index (χ0) is 25.1. The number of aliphatic hydroxyl groups is 1.